The maximum Gasteiger partial charge on any atom is 0.313 e. The highest BCUT2D eigenvalue weighted by atomic mass is 16.4. The van der Waals surface area contributed by atoms with Gasteiger partial charge in [-0.05, 0) is 12.8 Å². The van der Waals surface area contributed by atoms with E-state index in [4.69, 9.17) is 10.2 Å². The van der Waals surface area contributed by atoms with Crippen molar-refractivity contribution in [2.75, 3.05) is 0 Å². The van der Waals surface area contributed by atoms with Crippen LogP contribution in [0, 0.1) is 5.41 Å². The Balaban J connectivity index is 2.45. The van der Waals surface area contributed by atoms with E-state index < -0.39 is 17.4 Å². The van der Waals surface area contributed by atoms with Gasteiger partial charge < -0.3 is 10.2 Å². The zero-order valence-corrected chi connectivity index (χ0v) is 6.49. The second-order valence-corrected chi connectivity index (χ2v) is 2.96. The standard InChI is InChI=1S/C8H10O4/c9-6(10)2-1-3-8(4-5-8)7(11)12/h1,3H,2,4-5H2,(H,9,10)(H,11,12). The third-order valence-electron chi connectivity index (χ3n) is 1.94. The number of hydrogen-bond donors (Lipinski definition) is 2. The number of carbonyl (C=O) groups is 2. The Morgan fingerprint density at radius 3 is 2.25 bits per heavy atom. The molecule has 1 aliphatic rings. The van der Waals surface area contributed by atoms with E-state index in [1.807, 2.05) is 0 Å². The van der Waals surface area contributed by atoms with Gasteiger partial charge in [-0.3, -0.25) is 9.59 Å². The van der Waals surface area contributed by atoms with Crippen LogP contribution < -0.4 is 0 Å². The summed E-state index contributed by atoms with van der Waals surface area (Å²) in [6.07, 6.45) is 4.04. The maximum absolute atomic E-state index is 10.6. The molecule has 4 nitrogen and oxygen atoms in total. The van der Waals surface area contributed by atoms with Crippen molar-refractivity contribution in [3.05, 3.63) is 12.2 Å². The minimum atomic E-state index is -0.938. The van der Waals surface area contributed by atoms with Gasteiger partial charge in [-0.15, -0.1) is 0 Å². The van der Waals surface area contributed by atoms with Crippen LogP contribution in [0.15, 0.2) is 12.2 Å². The Morgan fingerprint density at radius 1 is 1.33 bits per heavy atom. The molecule has 0 aromatic heterocycles. The van der Waals surface area contributed by atoms with E-state index in [1.54, 1.807) is 0 Å². The smallest absolute Gasteiger partial charge is 0.313 e. The summed E-state index contributed by atoms with van der Waals surface area (Å²) in [5.41, 5.74) is -0.741. The second-order valence-electron chi connectivity index (χ2n) is 2.96. The second kappa shape index (κ2) is 2.97. The highest BCUT2D eigenvalue weighted by molar-refractivity contribution is 5.80. The molecule has 66 valence electrons. The summed E-state index contributed by atoms with van der Waals surface area (Å²) in [5, 5.41) is 16.9. The molecule has 0 amide bonds. The topological polar surface area (TPSA) is 74.6 Å². The molecule has 12 heavy (non-hydrogen) atoms. The first-order chi connectivity index (χ1) is 5.57. The van der Waals surface area contributed by atoms with Gasteiger partial charge in [-0.2, -0.15) is 0 Å². The van der Waals surface area contributed by atoms with Gasteiger partial charge >= 0.3 is 11.9 Å². The lowest BCUT2D eigenvalue weighted by atomic mass is 10.1. The molecule has 4 heteroatoms. The Bertz CT molecular complexity index is 237. The Labute approximate surface area is 69.5 Å². The van der Waals surface area contributed by atoms with Crippen LogP contribution >= 0.6 is 0 Å². The number of rotatable bonds is 4. The third-order valence-corrected chi connectivity index (χ3v) is 1.94. The normalized spacial score (nSPS) is 19.3. The minimum Gasteiger partial charge on any atom is -0.481 e. The highest BCUT2D eigenvalue weighted by Gasteiger charge is 2.47. The van der Waals surface area contributed by atoms with Crippen molar-refractivity contribution >= 4 is 11.9 Å². The predicted octanol–water partition coefficient (Wildman–Crippen LogP) is 0.882. The molecule has 0 heterocycles. The zero-order valence-electron chi connectivity index (χ0n) is 6.49. The van der Waals surface area contributed by atoms with E-state index in [0.29, 0.717) is 12.8 Å². The SMILES string of the molecule is O=C(O)CC=CC1(C(=O)O)CC1. The number of aliphatic carboxylic acids is 2. The lowest BCUT2D eigenvalue weighted by molar-refractivity contribution is -0.141. The molecule has 1 fully saturated rings. The zero-order chi connectivity index (χ0) is 9.19. The summed E-state index contributed by atoms with van der Waals surface area (Å²) in [7, 11) is 0. The Hall–Kier alpha value is -1.32. The molecule has 1 saturated carbocycles. The van der Waals surface area contributed by atoms with Crippen LogP contribution in [0.25, 0.3) is 0 Å². The van der Waals surface area contributed by atoms with Gasteiger partial charge in [0.2, 0.25) is 0 Å². The molecule has 1 rings (SSSR count). The molecular formula is C8H10O4. The fraction of sp³-hybridized carbons (Fsp3) is 0.500. The van der Waals surface area contributed by atoms with E-state index >= 15 is 0 Å². The van der Waals surface area contributed by atoms with Crippen LogP contribution in [0.5, 0.6) is 0 Å². The molecule has 0 aliphatic heterocycles. The fourth-order valence-corrected chi connectivity index (χ4v) is 0.972. The molecular weight excluding hydrogens is 160 g/mol. The minimum absolute atomic E-state index is 0.102. The first-order valence-corrected chi connectivity index (χ1v) is 3.70. The molecule has 2 N–H and O–H groups in total. The van der Waals surface area contributed by atoms with Crippen molar-refractivity contribution in [3.63, 3.8) is 0 Å². The van der Waals surface area contributed by atoms with Crippen LogP contribution in [0.1, 0.15) is 19.3 Å². The Morgan fingerprint density at radius 2 is 1.92 bits per heavy atom. The molecule has 0 aromatic carbocycles. The number of hydrogen-bond acceptors (Lipinski definition) is 2. The number of carboxylic acids is 2. The largest absolute Gasteiger partial charge is 0.481 e. The van der Waals surface area contributed by atoms with Gasteiger partial charge in [0.05, 0.1) is 11.8 Å². The van der Waals surface area contributed by atoms with Gasteiger partial charge in [0, 0.05) is 0 Å². The molecule has 0 saturated heterocycles. The molecule has 0 aromatic rings. The van der Waals surface area contributed by atoms with Crippen LogP contribution in [0.2, 0.25) is 0 Å². The summed E-state index contributed by atoms with van der Waals surface area (Å²) in [5.74, 6) is -1.79. The van der Waals surface area contributed by atoms with Gasteiger partial charge in [0.15, 0.2) is 0 Å². The summed E-state index contributed by atoms with van der Waals surface area (Å²) < 4.78 is 0. The molecule has 1 aliphatic carbocycles. The van der Waals surface area contributed by atoms with E-state index in [2.05, 4.69) is 0 Å². The first-order valence-electron chi connectivity index (χ1n) is 3.70. The molecule has 0 bridgehead atoms. The van der Waals surface area contributed by atoms with E-state index in [9.17, 15) is 9.59 Å². The van der Waals surface area contributed by atoms with Crippen molar-refractivity contribution in [3.8, 4) is 0 Å². The van der Waals surface area contributed by atoms with Gasteiger partial charge in [-0.25, -0.2) is 0 Å². The van der Waals surface area contributed by atoms with Crippen molar-refractivity contribution in [2.45, 2.75) is 19.3 Å². The van der Waals surface area contributed by atoms with Gasteiger partial charge in [0.1, 0.15) is 0 Å². The van der Waals surface area contributed by atoms with Crippen molar-refractivity contribution in [1.29, 1.82) is 0 Å². The van der Waals surface area contributed by atoms with E-state index in [-0.39, 0.29) is 6.42 Å². The van der Waals surface area contributed by atoms with Crippen LogP contribution in [0.3, 0.4) is 0 Å². The molecule has 0 spiro atoms. The lowest BCUT2D eigenvalue weighted by Crippen LogP contribution is -2.11. The number of carboxylic acid groups (broad SMARTS) is 2. The summed E-state index contributed by atoms with van der Waals surface area (Å²) >= 11 is 0. The summed E-state index contributed by atoms with van der Waals surface area (Å²) in [6, 6.07) is 0. The summed E-state index contributed by atoms with van der Waals surface area (Å²) in [6.45, 7) is 0. The van der Waals surface area contributed by atoms with Gasteiger partial charge in [-0.1, -0.05) is 12.2 Å². The summed E-state index contributed by atoms with van der Waals surface area (Å²) in [4.78, 5) is 20.6. The average Bonchev–Trinajstić information content (AvgIpc) is 2.68. The quantitative estimate of drug-likeness (QED) is 0.614. The third kappa shape index (κ3) is 1.84. The van der Waals surface area contributed by atoms with Crippen molar-refractivity contribution < 1.29 is 19.8 Å². The van der Waals surface area contributed by atoms with Crippen molar-refractivity contribution in [1.82, 2.24) is 0 Å². The van der Waals surface area contributed by atoms with Crippen LogP contribution in [-0.2, 0) is 9.59 Å². The van der Waals surface area contributed by atoms with E-state index in [0.717, 1.165) is 0 Å². The van der Waals surface area contributed by atoms with Crippen molar-refractivity contribution in [2.24, 2.45) is 5.41 Å². The highest BCUT2D eigenvalue weighted by Crippen LogP contribution is 2.47. The fourth-order valence-electron chi connectivity index (χ4n) is 0.972. The van der Waals surface area contributed by atoms with Gasteiger partial charge in [0.25, 0.3) is 0 Å². The molecule has 0 radical (unpaired) electrons. The average molecular weight is 170 g/mol. The molecule has 0 unspecified atom stereocenters. The maximum atomic E-state index is 10.6. The first kappa shape index (κ1) is 8.77. The predicted molar refractivity (Wildman–Crippen MR) is 40.7 cm³/mol. The lowest BCUT2D eigenvalue weighted by Gasteiger charge is -1.99. The van der Waals surface area contributed by atoms with E-state index in [1.165, 1.54) is 12.2 Å². The van der Waals surface area contributed by atoms with Crippen LogP contribution in [0.4, 0.5) is 0 Å². The molecule has 0 atom stereocenters. The monoisotopic (exact) mass is 170 g/mol. The van der Waals surface area contributed by atoms with Crippen LogP contribution in [-0.4, -0.2) is 22.2 Å². The Kier molecular flexibility index (Phi) is 2.17.